The molecule has 0 aliphatic carbocycles. The van der Waals surface area contributed by atoms with Crippen LogP contribution in [0.15, 0.2) is 71.6 Å². The van der Waals surface area contributed by atoms with Crippen LogP contribution in [-0.2, 0) is 16.6 Å². The number of nitrogens with two attached hydrogens (primary N) is 1. The van der Waals surface area contributed by atoms with E-state index in [4.69, 9.17) is 5.73 Å². The van der Waals surface area contributed by atoms with E-state index in [0.29, 0.717) is 6.07 Å². The molecule has 7 nitrogen and oxygen atoms in total. The first-order valence-corrected chi connectivity index (χ1v) is 10.4. The molecule has 0 bridgehead atoms. The summed E-state index contributed by atoms with van der Waals surface area (Å²) in [4.78, 5) is 23.5. The minimum absolute atomic E-state index is 0.0519. The first kappa shape index (κ1) is 22.1. The predicted molar refractivity (Wildman–Crippen MR) is 110 cm³/mol. The summed E-state index contributed by atoms with van der Waals surface area (Å²) >= 11 is 0. The molecule has 0 aliphatic rings. The van der Waals surface area contributed by atoms with Crippen molar-refractivity contribution in [2.45, 2.75) is 11.4 Å². The van der Waals surface area contributed by atoms with Crippen LogP contribution in [0.2, 0.25) is 0 Å². The Kier molecular flexibility index (Phi) is 6.42. The molecule has 0 saturated heterocycles. The lowest BCUT2D eigenvalue weighted by molar-refractivity contribution is 0.0992. The van der Waals surface area contributed by atoms with Gasteiger partial charge in [0.25, 0.3) is 11.8 Å². The molecule has 0 spiro atoms. The van der Waals surface area contributed by atoms with Gasteiger partial charge in [0, 0.05) is 18.2 Å². The summed E-state index contributed by atoms with van der Waals surface area (Å²) in [5, 5.41) is 2.18. The van der Waals surface area contributed by atoms with Crippen LogP contribution < -0.4 is 15.8 Å². The third kappa shape index (κ3) is 5.30. The second-order valence-electron chi connectivity index (χ2n) is 6.47. The monoisotopic (exact) mass is 445 g/mol. The lowest BCUT2D eigenvalue weighted by Crippen LogP contribution is -2.24. The van der Waals surface area contributed by atoms with Gasteiger partial charge in [-0.15, -0.1) is 0 Å². The number of hydrogen-bond donors (Lipinski definition) is 3. The van der Waals surface area contributed by atoms with Gasteiger partial charge < -0.3 is 11.1 Å². The third-order valence-electron chi connectivity index (χ3n) is 4.29. The molecule has 0 unspecified atom stereocenters. The molecule has 2 amide bonds. The fraction of sp³-hybridized carbons (Fsp3) is 0.0476. The van der Waals surface area contributed by atoms with Gasteiger partial charge in [-0.2, -0.15) is 0 Å². The molecule has 3 aromatic rings. The topological polar surface area (TPSA) is 118 Å². The second kappa shape index (κ2) is 9.02. The van der Waals surface area contributed by atoms with Gasteiger partial charge in [-0.25, -0.2) is 21.9 Å². The average molecular weight is 445 g/mol. The highest BCUT2D eigenvalue weighted by Gasteiger charge is 2.19. The molecule has 31 heavy (non-hydrogen) atoms. The molecule has 3 rings (SSSR count). The molecule has 10 heteroatoms. The molecular weight excluding hydrogens is 428 g/mol. The second-order valence-corrected chi connectivity index (χ2v) is 8.24. The fourth-order valence-electron chi connectivity index (χ4n) is 2.69. The van der Waals surface area contributed by atoms with Crippen molar-refractivity contribution in [3.8, 4) is 0 Å². The number of sulfonamides is 1. The number of amides is 2. The Labute approximate surface area is 176 Å². The van der Waals surface area contributed by atoms with Gasteiger partial charge in [0.05, 0.1) is 16.1 Å². The van der Waals surface area contributed by atoms with Crippen LogP contribution in [0.25, 0.3) is 0 Å². The van der Waals surface area contributed by atoms with Gasteiger partial charge in [-0.05, 0) is 29.8 Å². The predicted octanol–water partition coefficient (Wildman–Crippen LogP) is 2.79. The Bertz CT molecular complexity index is 1250. The number of carbonyl (C=O) groups excluding carboxylic acids is 2. The smallest absolute Gasteiger partial charge is 0.255 e. The zero-order valence-electron chi connectivity index (χ0n) is 15.9. The van der Waals surface area contributed by atoms with Crippen LogP contribution in [0.4, 0.5) is 14.5 Å². The zero-order chi connectivity index (χ0) is 22.6. The van der Waals surface area contributed by atoms with Crippen LogP contribution in [0, 0.1) is 11.6 Å². The normalized spacial score (nSPS) is 11.2. The maximum absolute atomic E-state index is 14.0. The molecule has 0 heterocycles. The SMILES string of the molecule is NC(=O)c1cc(NC(=O)c2cccc(S(=O)(=O)NCc3ccccc3)c2)c(F)cc1F. The minimum Gasteiger partial charge on any atom is -0.366 e. The van der Waals surface area contributed by atoms with Crippen LogP contribution in [0.3, 0.4) is 0 Å². The Morgan fingerprint density at radius 2 is 1.61 bits per heavy atom. The van der Waals surface area contributed by atoms with E-state index in [-0.39, 0.29) is 17.0 Å². The lowest BCUT2D eigenvalue weighted by atomic mass is 10.1. The van der Waals surface area contributed by atoms with E-state index in [1.807, 2.05) is 0 Å². The molecule has 0 atom stereocenters. The summed E-state index contributed by atoms with van der Waals surface area (Å²) < 4.78 is 55.1. The zero-order valence-corrected chi connectivity index (χ0v) is 16.7. The number of anilines is 1. The van der Waals surface area contributed by atoms with Gasteiger partial charge in [-0.3, -0.25) is 9.59 Å². The molecule has 0 aliphatic heterocycles. The van der Waals surface area contributed by atoms with Crippen LogP contribution in [0.5, 0.6) is 0 Å². The van der Waals surface area contributed by atoms with E-state index < -0.39 is 44.7 Å². The van der Waals surface area contributed by atoms with E-state index in [2.05, 4.69) is 10.0 Å². The average Bonchev–Trinajstić information content (AvgIpc) is 2.74. The maximum Gasteiger partial charge on any atom is 0.255 e. The summed E-state index contributed by atoms with van der Waals surface area (Å²) in [6.45, 7) is 0.0519. The van der Waals surface area contributed by atoms with Crippen molar-refractivity contribution in [2.75, 3.05) is 5.32 Å². The van der Waals surface area contributed by atoms with Crippen LogP contribution >= 0.6 is 0 Å². The molecule has 160 valence electrons. The molecule has 3 aromatic carbocycles. The number of rotatable bonds is 7. The highest BCUT2D eigenvalue weighted by molar-refractivity contribution is 7.89. The van der Waals surface area contributed by atoms with Crippen molar-refractivity contribution >= 4 is 27.5 Å². The highest BCUT2D eigenvalue weighted by Crippen LogP contribution is 2.21. The van der Waals surface area contributed by atoms with Crippen molar-refractivity contribution in [1.82, 2.24) is 4.72 Å². The number of primary amides is 1. The summed E-state index contributed by atoms with van der Waals surface area (Å²) in [5.41, 5.74) is 4.61. The van der Waals surface area contributed by atoms with Crippen molar-refractivity contribution in [3.05, 3.63) is 95.1 Å². The van der Waals surface area contributed by atoms with E-state index in [0.717, 1.165) is 17.7 Å². The lowest BCUT2D eigenvalue weighted by Gasteiger charge is -2.10. The Morgan fingerprint density at radius 3 is 2.29 bits per heavy atom. The van der Waals surface area contributed by atoms with Crippen molar-refractivity contribution in [3.63, 3.8) is 0 Å². The van der Waals surface area contributed by atoms with Gasteiger partial charge in [0.1, 0.15) is 11.6 Å². The van der Waals surface area contributed by atoms with Gasteiger partial charge in [-0.1, -0.05) is 36.4 Å². The quantitative estimate of drug-likeness (QED) is 0.518. The number of benzene rings is 3. The third-order valence-corrected chi connectivity index (χ3v) is 5.68. The van der Waals surface area contributed by atoms with Crippen LogP contribution in [-0.4, -0.2) is 20.2 Å². The van der Waals surface area contributed by atoms with Crippen molar-refractivity contribution in [2.24, 2.45) is 5.73 Å². The Hall–Kier alpha value is -3.63. The number of hydrogen-bond acceptors (Lipinski definition) is 4. The fourth-order valence-corrected chi connectivity index (χ4v) is 3.75. The summed E-state index contributed by atoms with van der Waals surface area (Å²) in [5.74, 6) is -4.28. The van der Waals surface area contributed by atoms with E-state index in [1.54, 1.807) is 30.3 Å². The van der Waals surface area contributed by atoms with Gasteiger partial charge in [0.15, 0.2) is 0 Å². The molecule has 0 radical (unpaired) electrons. The van der Waals surface area contributed by atoms with Gasteiger partial charge in [0.2, 0.25) is 10.0 Å². The summed E-state index contributed by atoms with van der Waals surface area (Å²) in [6.07, 6.45) is 0. The van der Waals surface area contributed by atoms with Gasteiger partial charge >= 0.3 is 0 Å². The standard InChI is InChI=1S/C21H17F2N3O4S/c22-17-11-18(23)19(10-16(17)20(24)27)26-21(28)14-7-4-8-15(9-14)31(29,30)25-12-13-5-2-1-3-6-13/h1-11,25H,12H2,(H2,24,27)(H,26,28). The summed E-state index contributed by atoms with van der Waals surface area (Å²) in [7, 11) is -3.93. The van der Waals surface area contributed by atoms with E-state index in [9.17, 15) is 26.8 Å². The molecular formula is C21H17F2N3O4S. The number of halogens is 2. The Balaban J connectivity index is 1.80. The molecule has 0 fully saturated rings. The molecule has 0 saturated carbocycles. The highest BCUT2D eigenvalue weighted by atomic mass is 32.2. The maximum atomic E-state index is 14.0. The first-order valence-electron chi connectivity index (χ1n) is 8.91. The van der Waals surface area contributed by atoms with Crippen LogP contribution in [0.1, 0.15) is 26.3 Å². The summed E-state index contributed by atoms with van der Waals surface area (Å²) in [6, 6.07) is 15.1. The van der Waals surface area contributed by atoms with Crippen molar-refractivity contribution < 1.29 is 26.8 Å². The number of nitrogens with one attached hydrogen (secondary N) is 2. The van der Waals surface area contributed by atoms with Crippen molar-refractivity contribution in [1.29, 1.82) is 0 Å². The molecule has 4 N–H and O–H groups in total. The largest absolute Gasteiger partial charge is 0.366 e. The Morgan fingerprint density at radius 1 is 0.903 bits per heavy atom. The van der Waals surface area contributed by atoms with E-state index in [1.165, 1.54) is 18.2 Å². The first-order chi connectivity index (χ1) is 14.7. The number of carbonyl (C=O) groups is 2. The van der Waals surface area contributed by atoms with E-state index >= 15 is 0 Å². The minimum atomic E-state index is -3.93. The molecule has 0 aromatic heterocycles.